The lowest BCUT2D eigenvalue weighted by Gasteiger charge is -2.18. The van der Waals surface area contributed by atoms with Crippen molar-refractivity contribution in [2.75, 3.05) is 5.32 Å². The number of hydrogen-bond acceptors (Lipinski definition) is 1. The summed E-state index contributed by atoms with van der Waals surface area (Å²) in [6, 6.07) is 14.4. The molecule has 0 spiro atoms. The minimum absolute atomic E-state index is 0.0494. The van der Waals surface area contributed by atoms with Crippen molar-refractivity contribution in [3.8, 4) is 0 Å². The van der Waals surface area contributed by atoms with Gasteiger partial charge in [0.2, 0.25) is 5.91 Å². The van der Waals surface area contributed by atoms with Gasteiger partial charge in [-0.15, -0.1) is 0 Å². The van der Waals surface area contributed by atoms with Crippen LogP contribution in [0, 0.1) is 5.82 Å². The summed E-state index contributed by atoms with van der Waals surface area (Å²) >= 11 is 0. The minimum Gasteiger partial charge on any atom is -0.340 e. The van der Waals surface area contributed by atoms with Gasteiger partial charge in [0.1, 0.15) is 5.82 Å². The number of halogens is 1. The third-order valence-electron chi connectivity index (χ3n) is 3.91. The van der Waals surface area contributed by atoms with Crippen molar-refractivity contribution in [1.29, 1.82) is 0 Å². The van der Waals surface area contributed by atoms with E-state index in [-0.39, 0.29) is 11.7 Å². The van der Waals surface area contributed by atoms with E-state index in [1.54, 1.807) is 6.07 Å². The molecule has 0 aliphatic carbocycles. The first-order valence-corrected chi connectivity index (χ1v) is 6.86. The van der Waals surface area contributed by atoms with Gasteiger partial charge in [-0.2, -0.15) is 0 Å². The molecule has 0 fully saturated rings. The van der Waals surface area contributed by atoms with Crippen LogP contribution < -0.4 is 5.32 Å². The summed E-state index contributed by atoms with van der Waals surface area (Å²) in [6.07, 6.45) is 0.296. The molecule has 3 nitrogen and oxygen atoms in total. The molecule has 1 amide bonds. The topological polar surface area (TPSA) is 34.0 Å². The highest BCUT2D eigenvalue weighted by Crippen LogP contribution is 2.27. The number of nitrogens with one attached hydrogen (secondary N) is 1. The number of benzene rings is 2. The van der Waals surface area contributed by atoms with Crippen LogP contribution in [0.15, 0.2) is 48.5 Å². The molecule has 21 heavy (non-hydrogen) atoms. The number of anilines is 1. The van der Waals surface area contributed by atoms with Crippen molar-refractivity contribution < 1.29 is 9.18 Å². The van der Waals surface area contributed by atoms with Crippen LogP contribution in [-0.4, -0.2) is 10.5 Å². The third-order valence-corrected chi connectivity index (χ3v) is 3.91. The van der Waals surface area contributed by atoms with E-state index in [1.807, 2.05) is 30.3 Å². The Hall–Kier alpha value is -2.62. The maximum absolute atomic E-state index is 13.4. The van der Waals surface area contributed by atoms with Crippen LogP contribution in [0.25, 0.3) is 10.9 Å². The van der Waals surface area contributed by atoms with E-state index in [0.29, 0.717) is 13.0 Å². The summed E-state index contributed by atoms with van der Waals surface area (Å²) in [5.74, 6) is -0.308. The molecule has 0 bridgehead atoms. The maximum atomic E-state index is 13.4. The Labute approximate surface area is 121 Å². The molecule has 4 rings (SSSR count). The van der Waals surface area contributed by atoms with Gasteiger partial charge in [-0.25, -0.2) is 4.39 Å². The molecule has 0 radical (unpaired) electrons. The van der Waals surface area contributed by atoms with E-state index in [2.05, 4.69) is 9.88 Å². The van der Waals surface area contributed by atoms with E-state index >= 15 is 0 Å². The molecule has 104 valence electrons. The Morgan fingerprint density at radius 3 is 2.86 bits per heavy atom. The van der Waals surface area contributed by atoms with E-state index in [4.69, 9.17) is 0 Å². The number of carbonyl (C=O) groups excluding carboxylic acids is 1. The van der Waals surface area contributed by atoms with E-state index in [1.165, 1.54) is 12.1 Å². The van der Waals surface area contributed by atoms with Crippen LogP contribution >= 0.6 is 0 Å². The first kappa shape index (κ1) is 12.1. The zero-order chi connectivity index (χ0) is 14.4. The van der Waals surface area contributed by atoms with Gasteiger partial charge in [0.15, 0.2) is 0 Å². The van der Waals surface area contributed by atoms with Crippen LogP contribution in [0.3, 0.4) is 0 Å². The monoisotopic (exact) mass is 280 g/mol. The SMILES string of the molecule is O=C1Cc2cc3cc(F)ccc3n2Cc2ccccc2N1. The second kappa shape index (κ2) is 4.45. The molecule has 2 heterocycles. The average molecular weight is 280 g/mol. The highest BCUT2D eigenvalue weighted by molar-refractivity contribution is 5.94. The highest BCUT2D eigenvalue weighted by Gasteiger charge is 2.18. The molecular weight excluding hydrogens is 267 g/mol. The van der Waals surface area contributed by atoms with Crippen molar-refractivity contribution in [1.82, 2.24) is 4.57 Å². The summed E-state index contributed by atoms with van der Waals surface area (Å²) < 4.78 is 15.5. The van der Waals surface area contributed by atoms with Crippen LogP contribution in [0.5, 0.6) is 0 Å². The predicted octanol–water partition coefficient (Wildman–Crippen LogP) is 3.32. The van der Waals surface area contributed by atoms with E-state index in [0.717, 1.165) is 27.8 Å². The summed E-state index contributed by atoms with van der Waals surface area (Å²) in [6.45, 7) is 0.668. The number of hydrogen-bond donors (Lipinski definition) is 1. The number of fused-ring (bicyclic) bond motifs is 4. The van der Waals surface area contributed by atoms with Crippen molar-refractivity contribution in [2.45, 2.75) is 13.0 Å². The number of nitrogens with zero attached hydrogens (tertiary/aromatic N) is 1. The number of rotatable bonds is 0. The van der Waals surface area contributed by atoms with Crippen LogP contribution in [0.1, 0.15) is 11.3 Å². The Morgan fingerprint density at radius 1 is 1.10 bits per heavy atom. The van der Waals surface area contributed by atoms with Gasteiger partial charge < -0.3 is 9.88 Å². The standard InChI is InChI=1S/C17H13FN2O/c18-13-5-6-16-12(7-13)8-14-9-17(21)19-15-4-2-1-3-11(15)10-20(14)16/h1-8H,9-10H2,(H,19,21). The van der Waals surface area contributed by atoms with E-state index in [9.17, 15) is 9.18 Å². The maximum Gasteiger partial charge on any atom is 0.230 e. The molecule has 3 aromatic rings. The van der Waals surface area contributed by atoms with Crippen LogP contribution in [0.4, 0.5) is 10.1 Å². The van der Waals surface area contributed by atoms with Gasteiger partial charge in [-0.3, -0.25) is 4.79 Å². The molecule has 1 aliphatic heterocycles. The Kier molecular flexibility index (Phi) is 2.57. The van der Waals surface area contributed by atoms with Gasteiger partial charge in [0.25, 0.3) is 0 Å². The summed E-state index contributed by atoms with van der Waals surface area (Å²) in [7, 11) is 0. The molecule has 0 unspecified atom stereocenters. The Bertz CT molecular complexity index is 866. The zero-order valence-electron chi connectivity index (χ0n) is 11.3. The molecule has 4 heteroatoms. The summed E-state index contributed by atoms with van der Waals surface area (Å²) in [5.41, 5.74) is 3.75. The van der Waals surface area contributed by atoms with Crippen molar-refractivity contribution in [3.63, 3.8) is 0 Å². The molecule has 1 N–H and O–H groups in total. The third kappa shape index (κ3) is 2.00. The van der Waals surface area contributed by atoms with Crippen LogP contribution in [0.2, 0.25) is 0 Å². The first-order valence-electron chi connectivity index (χ1n) is 6.86. The minimum atomic E-state index is -0.258. The normalized spacial score (nSPS) is 14.0. The molecule has 1 aliphatic rings. The lowest BCUT2D eigenvalue weighted by Crippen LogP contribution is -2.21. The number of aromatic nitrogens is 1. The number of para-hydroxylation sites is 1. The van der Waals surface area contributed by atoms with Crippen molar-refractivity contribution in [2.24, 2.45) is 0 Å². The summed E-state index contributed by atoms with van der Waals surface area (Å²) in [4.78, 5) is 12.1. The van der Waals surface area contributed by atoms with Gasteiger partial charge in [-0.05, 0) is 35.9 Å². The van der Waals surface area contributed by atoms with Crippen molar-refractivity contribution in [3.05, 3.63) is 65.6 Å². The second-order valence-electron chi connectivity index (χ2n) is 5.31. The average Bonchev–Trinajstić information content (AvgIpc) is 2.75. The number of amides is 1. The van der Waals surface area contributed by atoms with Crippen LogP contribution in [-0.2, 0) is 17.8 Å². The van der Waals surface area contributed by atoms with Gasteiger partial charge in [0, 0.05) is 28.8 Å². The van der Waals surface area contributed by atoms with Gasteiger partial charge in [-0.1, -0.05) is 18.2 Å². The molecule has 1 aromatic heterocycles. The fourth-order valence-corrected chi connectivity index (χ4v) is 2.94. The molecule has 0 atom stereocenters. The van der Waals surface area contributed by atoms with Gasteiger partial charge in [0.05, 0.1) is 6.42 Å². The molecule has 0 saturated carbocycles. The molecule has 0 saturated heterocycles. The summed E-state index contributed by atoms with van der Waals surface area (Å²) in [5, 5.41) is 3.76. The lowest BCUT2D eigenvalue weighted by atomic mass is 10.1. The zero-order valence-corrected chi connectivity index (χ0v) is 11.3. The molecule has 2 aromatic carbocycles. The second-order valence-corrected chi connectivity index (χ2v) is 5.31. The fourth-order valence-electron chi connectivity index (χ4n) is 2.94. The van der Waals surface area contributed by atoms with Gasteiger partial charge >= 0.3 is 0 Å². The first-order chi connectivity index (χ1) is 10.2. The van der Waals surface area contributed by atoms with E-state index < -0.39 is 0 Å². The quantitative estimate of drug-likeness (QED) is 0.673. The Balaban J connectivity index is 1.95. The smallest absolute Gasteiger partial charge is 0.230 e. The Morgan fingerprint density at radius 2 is 1.95 bits per heavy atom. The fraction of sp³-hybridized carbons (Fsp3) is 0.118. The number of carbonyl (C=O) groups is 1. The van der Waals surface area contributed by atoms with Crippen molar-refractivity contribution >= 4 is 22.5 Å². The lowest BCUT2D eigenvalue weighted by molar-refractivity contribution is -0.115. The predicted molar refractivity (Wildman–Crippen MR) is 79.8 cm³/mol. The largest absolute Gasteiger partial charge is 0.340 e. The molecular formula is C17H13FN2O. The highest BCUT2D eigenvalue weighted by atomic mass is 19.1.